The lowest BCUT2D eigenvalue weighted by molar-refractivity contribution is -0.132. The molecule has 1 aliphatic heterocycles. The van der Waals surface area contributed by atoms with Gasteiger partial charge in [-0.05, 0) is 44.8 Å². The third kappa shape index (κ3) is 7.67. The number of rotatable bonds is 7. The van der Waals surface area contributed by atoms with E-state index in [0.717, 1.165) is 51.4 Å². The third-order valence-corrected chi connectivity index (χ3v) is 3.97. The fourth-order valence-electron chi connectivity index (χ4n) is 2.62. The SMILES string of the molecule is CCN(CC)CC1CCN(C(=O)CCCN)CC1.Cl.Cl. The van der Waals surface area contributed by atoms with Crippen LogP contribution in [0.5, 0.6) is 0 Å². The van der Waals surface area contributed by atoms with Gasteiger partial charge in [-0.2, -0.15) is 0 Å². The van der Waals surface area contributed by atoms with Crippen LogP contribution in [-0.2, 0) is 4.79 Å². The van der Waals surface area contributed by atoms with Gasteiger partial charge < -0.3 is 15.5 Å². The highest BCUT2D eigenvalue weighted by molar-refractivity contribution is 5.85. The van der Waals surface area contributed by atoms with Crippen molar-refractivity contribution < 1.29 is 4.79 Å². The van der Waals surface area contributed by atoms with E-state index in [1.54, 1.807) is 0 Å². The molecule has 4 nitrogen and oxygen atoms in total. The number of likely N-dealkylation sites (tertiary alicyclic amines) is 1. The van der Waals surface area contributed by atoms with Gasteiger partial charge in [-0.1, -0.05) is 13.8 Å². The van der Waals surface area contributed by atoms with Gasteiger partial charge in [0.1, 0.15) is 0 Å². The lowest BCUT2D eigenvalue weighted by atomic mass is 9.96. The number of hydrogen-bond acceptors (Lipinski definition) is 3. The van der Waals surface area contributed by atoms with Crippen molar-refractivity contribution in [2.75, 3.05) is 39.3 Å². The smallest absolute Gasteiger partial charge is 0.222 e. The molecular weight excluding hydrogens is 297 g/mol. The van der Waals surface area contributed by atoms with Crippen molar-refractivity contribution in [2.45, 2.75) is 39.5 Å². The van der Waals surface area contributed by atoms with Crippen molar-refractivity contribution in [3.63, 3.8) is 0 Å². The molecule has 0 unspecified atom stereocenters. The van der Waals surface area contributed by atoms with Crippen LogP contribution in [0, 0.1) is 5.92 Å². The summed E-state index contributed by atoms with van der Waals surface area (Å²) < 4.78 is 0. The second-order valence-electron chi connectivity index (χ2n) is 5.20. The first-order chi connectivity index (χ1) is 8.71. The number of amides is 1. The maximum Gasteiger partial charge on any atom is 0.222 e. The average molecular weight is 328 g/mol. The number of carbonyl (C=O) groups is 1. The molecule has 0 bridgehead atoms. The largest absolute Gasteiger partial charge is 0.343 e. The minimum atomic E-state index is 0. The fraction of sp³-hybridized carbons (Fsp3) is 0.929. The molecule has 0 aliphatic carbocycles. The number of nitrogens with zero attached hydrogens (tertiary/aromatic N) is 2. The summed E-state index contributed by atoms with van der Waals surface area (Å²) in [5.41, 5.74) is 5.44. The van der Waals surface area contributed by atoms with E-state index >= 15 is 0 Å². The van der Waals surface area contributed by atoms with E-state index in [1.807, 2.05) is 4.90 Å². The monoisotopic (exact) mass is 327 g/mol. The summed E-state index contributed by atoms with van der Waals surface area (Å²) in [5, 5.41) is 0. The van der Waals surface area contributed by atoms with E-state index in [1.165, 1.54) is 6.54 Å². The number of halogens is 2. The molecule has 1 aliphatic rings. The molecule has 1 heterocycles. The van der Waals surface area contributed by atoms with Crippen LogP contribution in [0.4, 0.5) is 0 Å². The van der Waals surface area contributed by atoms with Gasteiger partial charge in [0, 0.05) is 26.1 Å². The molecule has 1 saturated heterocycles. The molecule has 2 N–H and O–H groups in total. The molecule has 1 fully saturated rings. The average Bonchev–Trinajstić information content (AvgIpc) is 2.42. The van der Waals surface area contributed by atoms with E-state index < -0.39 is 0 Å². The molecule has 0 radical (unpaired) electrons. The van der Waals surface area contributed by atoms with Gasteiger partial charge in [0.25, 0.3) is 0 Å². The molecule has 0 aromatic carbocycles. The Labute approximate surface area is 136 Å². The zero-order chi connectivity index (χ0) is 13.4. The van der Waals surface area contributed by atoms with Crippen LogP contribution in [0.3, 0.4) is 0 Å². The Morgan fingerprint density at radius 2 is 1.75 bits per heavy atom. The van der Waals surface area contributed by atoms with Crippen molar-refractivity contribution in [1.82, 2.24) is 9.80 Å². The maximum absolute atomic E-state index is 11.9. The van der Waals surface area contributed by atoms with Crippen LogP contribution in [0.2, 0.25) is 0 Å². The van der Waals surface area contributed by atoms with Crippen LogP contribution >= 0.6 is 24.8 Å². The zero-order valence-corrected chi connectivity index (χ0v) is 14.5. The molecule has 20 heavy (non-hydrogen) atoms. The second-order valence-corrected chi connectivity index (χ2v) is 5.20. The van der Waals surface area contributed by atoms with E-state index in [9.17, 15) is 4.79 Å². The molecule has 0 atom stereocenters. The Hall–Kier alpha value is -0.0300. The van der Waals surface area contributed by atoms with Crippen LogP contribution in [0.1, 0.15) is 39.5 Å². The van der Waals surface area contributed by atoms with Crippen LogP contribution in [-0.4, -0.2) is 55.0 Å². The lowest BCUT2D eigenvalue weighted by Crippen LogP contribution is -2.41. The number of hydrogen-bond donors (Lipinski definition) is 1. The summed E-state index contributed by atoms with van der Waals surface area (Å²) >= 11 is 0. The van der Waals surface area contributed by atoms with Gasteiger partial charge >= 0.3 is 0 Å². The molecular formula is C14H31Cl2N3O. The van der Waals surface area contributed by atoms with Gasteiger partial charge in [-0.3, -0.25) is 4.79 Å². The number of nitrogens with two attached hydrogens (primary N) is 1. The summed E-state index contributed by atoms with van der Waals surface area (Å²) in [5.74, 6) is 1.06. The maximum atomic E-state index is 11.9. The molecule has 1 amide bonds. The minimum Gasteiger partial charge on any atom is -0.343 e. The first-order valence-electron chi connectivity index (χ1n) is 7.41. The minimum absolute atomic E-state index is 0. The van der Waals surface area contributed by atoms with Crippen molar-refractivity contribution >= 4 is 30.7 Å². The fourth-order valence-corrected chi connectivity index (χ4v) is 2.62. The Morgan fingerprint density at radius 3 is 2.20 bits per heavy atom. The van der Waals surface area contributed by atoms with E-state index in [0.29, 0.717) is 18.9 Å². The normalized spacial score (nSPS) is 15.7. The molecule has 6 heteroatoms. The first-order valence-corrected chi connectivity index (χ1v) is 7.41. The van der Waals surface area contributed by atoms with Gasteiger partial charge in [-0.25, -0.2) is 0 Å². The van der Waals surface area contributed by atoms with Gasteiger partial charge in [0.05, 0.1) is 0 Å². The first kappa shape index (κ1) is 22.3. The molecule has 0 saturated carbocycles. The highest BCUT2D eigenvalue weighted by atomic mass is 35.5. The summed E-state index contributed by atoms with van der Waals surface area (Å²) in [6.07, 6.45) is 3.76. The Balaban J connectivity index is 0. The van der Waals surface area contributed by atoms with Gasteiger partial charge in [0.2, 0.25) is 5.91 Å². The molecule has 122 valence electrons. The molecule has 0 aromatic rings. The third-order valence-electron chi connectivity index (χ3n) is 3.97. The predicted molar refractivity (Wildman–Crippen MR) is 89.9 cm³/mol. The Morgan fingerprint density at radius 1 is 1.20 bits per heavy atom. The topological polar surface area (TPSA) is 49.6 Å². The summed E-state index contributed by atoms with van der Waals surface area (Å²) in [6.45, 7) is 10.4. The highest BCUT2D eigenvalue weighted by Crippen LogP contribution is 2.19. The summed E-state index contributed by atoms with van der Waals surface area (Å²) in [4.78, 5) is 16.4. The number of piperidine rings is 1. The van der Waals surface area contributed by atoms with E-state index in [2.05, 4.69) is 18.7 Å². The molecule has 0 aromatic heterocycles. The van der Waals surface area contributed by atoms with Crippen LogP contribution < -0.4 is 5.73 Å². The van der Waals surface area contributed by atoms with Crippen molar-refractivity contribution in [3.8, 4) is 0 Å². The Kier molecular flexibility index (Phi) is 14.1. The zero-order valence-electron chi connectivity index (χ0n) is 12.8. The molecule has 0 spiro atoms. The lowest BCUT2D eigenvalue weighted by Gasteiger charge is -2.34. The van der Waals surface area contributed by atoms with Crippen molar-refractivity contribution in [1.29, 1.82) is 0 Å². The van der Waals surface area contributed by atoms with Crippen LogP contribution in [0.15, 0.2) is 0 Å². The Bertz CT molecular complexity index is 243. The summed E-state index contributed by atoms with van der Waals surface area (Å²) in [7, 11) is 0. The standard InChI is InChI=1S/C14H29N3O.2ClH/c1-3-16(4-2)12-13-7-10-17(11-8-13)14(18)6-5-9-15;;/h13H,3-12,15H2,1-2H3;2*1H. The van der Waals surface area contributed by atoms with Gasteiger partial charge in [0.15, 0.2) is 0 Å². The van der Waals surface area contributed by atoms with Crippen LogP contribution in [0.25, 0.3) is 0 Å². The molecule has 1 rings (SSSR count). The highest BCUT2D eigenvalue weighted by Gasteiger charge is 2.23. The van der Waals surface area contributed by atoms with Crippen molar-refractivity contribution in [2.24, 2.45) is 11.7 Å². The second kappa shape index (κ2) is 12.7. The quantitative estimate of drug-likeness (QED) is 0.779. The predicted octanol–water partition coefficient (Wildman–Crippen LogP) is 2.15. The van der Waals surface area contributed by atoms with E-state index in [4.69, 9.17) is 5.73 Å². The number of carbonyl (C=O) groups excluding carboxylic acids is 1. The van der Waals surface area contributed by atoms with E-state index in [-0.39, 0.29) is 24.8 Å². The summed E-state index contributed by atoms with van der Waals surface area (Å²) in [6, 6.07) is 0. The van der Waals surface area contributed by atoms with Crippen molar-refractivity contribution in [3.05, 3.63) is 0 Å². The van der Waals surface area contributed by atoms with Gasteiger partial charge in [-0.15, -0.1) is 24.8 Å².